The van der Waals surface area contributed by atoms with Gasteiger partial charge in [-0.25, -0.2) is 0 Å². The fourth-order valence-electron chi connectivity index (χ4n) is 4.59. The maximum Gasteiger partial charge on any atom is 0.227 e. The lowest BCUT2D eigenvalue weighted by Crippen LogP contribution is -2.38. The topological polar surface area (TPSA) is 36.1 Å². The largest absolute Gasteiger partial charge is 0.361 e. The number of benzene rings is 3. The summed E-state index contributed by atoms with van der Waals surface area (Å²) in [5.41, 5.74) is 3.73. The first-order valence-electron chi connectivity index (χ1n) is 10.1. The highest BCUT2D eigenvalue weighted by molar-refractivity contribution is 5.90. The van der Waals surface area contributed by atoms with Gasteiger partial charge < -0.3 is 9.88 Å². The van der Waals surface area contributed by atoms with Crippen molar-refractivity contribution >= 4 is 27.6 Å². The van der Waals surface area contributed by atoms with E-state index in [0.29, 0.717) is 12.3 Å². The lowest BCUT2D eigenvalue weighted by Gasteiger charge is -2.32. The monoisotopic (exact) mass is 368 g/mol. The Balaban J connectivity index is 1.28. The SMILES string of the molecule is O=C(Cc1cccc2ccccc12)N1CCC(c2c[nH]c3ccccc23)CC1. The first-order valence-corrected chi connectivity index (χ1v) is 10.1. The summed E-state index contributed by atoms with van der Waals surface area (Å²) in [4.78, 5) is 18.4. The molecular weight excluding hydrogens is 344 g/mol. The molecule has 3 aromatic carbocycles. The number of piperidine rings is 1. The van der Waals surface area contributed by atoms with Crippen LogP contribution in [0.3, 0.4) is 0 Å². The maximum absolute atomic E-state index is 12.9. The Morgan fingerprint density at radius 2 is 1.61 bits per heavy atom. The molecule has 0 atom stereocenters. The number of aromatic nitrogens is 1. The molecule has 3 heteroatoms. The molecule has 1 saturated heterocycles. The Hall–Kier alpha value is -3.07. The number of nitrogens with zero attached hydrogens (tertiary/aromatic N) is 1. The number of fused-ring (bicyclic) bond motifs is 2. The molecule has 2 heterocycles. The molecule has 1 fully saturated rings. The van der Waals surface area contributed by atoms with Crippen LogP contribution in [0, 0.1) is 0 Å². The zero-order valence-electron chi connectivity index (χ0n) is 15.9. The van der Waals surface area contributed by atoms with Crippen molar-refractivity contribution in [2.45, 2.75) is 25.2 Å². The van der Waals surface area contributed by atoms with E-state index in [-0.39, 0.29) is 5.91 Å². The van der Waals surface area contributed by atoms with Crippen LogP contribution in [0.5, 0.6) is 0 Å². The molecule has 4 aromatic rings. The van der Waals surface area contributed by atoms with Crippen molar-refractivity contribution in [3.63, 3.8) is 0 Å². The van der Waals surface area contributed by atoms with Gasteiger partial charge in [-0.05, 0) is 46.7 Å². The summed E-state index contributed by atoms with van der Waals surface area (Å²) < 4.78 is 0. The Morgan fingerprint density at radius 1 is 0.893 bits per heavy atom. The van der Waals surface area contributed by atoms with E-state index in [1.54, 1.807) is 0 Å². The first kappa shape index (κ1) is 17.1. The summed E-state index contributed by atoms with van der Waals surface area (Å²) in [5.74, 6) is 0.770. The number of aromatic amines is 1. The van der Waals surface area contributed by atoms with Crippen LogP contribution in [0.15, 0.2) is 72.9 Å². The molecule has 1 amide bonds. The van der Waals surface area contributed by atoms with E-state index < -0.39 is 0 Å². The predicted octanol–water partition coefficient (Wildman–Crippen LogP) is 5.27. The van der Waals surface area contributed by atoms with Gasteiger partial charge in [0.05, 0.1) is 6.42 Å². The average molecular weight is 368 g/mol. The van der Waals surface area contributed by atoms with Gasteiger partial charge in [0.25, 0.3) is 0 Å². The van der Waals surface area contributed by atoms with E-state index in [4.69, 9.17) is 0 Å². The third-order valence-electron chi connectivity index (χ3n) is 6.13. The van der Waals surface area contributed by atoms with Crippen molar-refractivity contribution in [3.05, 3.63) is 84.1 Å². The molecule has 0 spiro atoms. The second-order valence-corrected chi connectivity index (χ2v) is 7.76. The van der Waals surface area contributed by atoms with Gasteiger partial charge in [0, 0.05) is 30.2 Å². The van der Waals surface area contributed by atoms with E-state index in [1.807, 2.05) is 23.1 Å². The number of hydrogen-bond acceptors (Lipinski definition) is 1. The Morgan fingerprint density at radius 3 is 2.46 bits per heavy atom. The van der Waals surface area contributed by atoms with E-state index in [2.05, 4.69) is 59.7 Å². The quantitative estimate of drug-likeness (QED) is 0.525. The Kier molecular flexibility index (Phi) is 4.36. The van der Waals surface area contributed by atoms with Crippen LogP contribution in [-0.2, 0) is 11.2 Å². The zero-order chi connectivity index (χ0) is 18.9. The normalized spacial score (nSPS) is 15.4. The Labute approximate surface area is 165 Å². The Bertz CT molecular complexity index is 1130. The van der Waals surface area contributed by atoms with E-state index >= 15 is 0 Å². The molecule has 28 heavy (non-hydrogen) atoms. The van der Waals surface area contributed by atoms with Crippen molar-refractivity contribution in [1.29, 1.82) is 0 Å². The molecule has 1 aliphatic heterocycles. The summed E-state index contributed by atoms with van der Waals surface area (Å²) in [7, 11) is 0. The average Bonchev–Trinajstić information content (AvgIpc) is 3.18. The minimum atomic E-state index is 0.244. The molecule has 140 valence electrons. The summed E-state index contributed by atoms with van der Waals surface area (Å²) in [6.07, 6.45) is 4.70. The summed E-state index contributed by atoms with van der Waals surface area (Å²) in [5, 5.41) is 3.71. The number of H-pyrrole nitrogens is 1. The molecule has 0 bridgehead atoms. The van der Waals surface area contributed by atoms with Crippen molar-refractivity contribution < 1.29 is 4.79 Å². The van der Waals surface area contributed by atoms with Gasteiger partial charge in [0.15, 0.2) is 0 Å². The zero-order valence-corrected chi connectivity index (χ0v) is 15.9. The third-order valence-corrected chi connectivity index (χ3v) is 6.13. The van der Waals surface area contributed by atoms with Gasteiger partial charge in [0.2, 0.25) is 5.91 Å². The van der Waals surface area contributed by atoms with Gasteiger partial charge in [-0.15, -0.1) is 0 Å². The molecule has 0 saturated carbocycles. The smallest absolute Gasteiger partial charge is 0.227 e. The molecule has 5 rings (SSSR count). The lowest BCUT2D eigenvalue weighted by molar-refractivity contribution is -0.131. The molecule has 0 radical (unpaired) electrons. The minimum absolute atomic E-state index is 0.244. The molecule has 1 N–H and O–H groups in total. The minimum Gasteiger partial charge on any atom is -0.361 e. The fraction of sp³-hybridized carbons (Fsp3) is 0.240. The lowest BCUT2D eigenvalue weighted by atomic mass is 9.89. The van der Waals surface area contributed by atoms with Crippen molar-refractivity contribution in [1.82, 2.24) is 9.88 Å². The van der Waals surface area contributed by atoms with Gasteiger partial charge >= 0.3 is 0 Å². The molecule has 1 aromatic heterocycles. The predicted molar refractivity (Wildman–Crippen MR) is 115 cm³/mol. The van der Waals surface area contributed by atoms with Crippen molar-refractivity contribution in [2.75, 3.05) is 13.1 Å². The summed E-state index contributed by atoms with van der Waals surface area (Å²) in [6.45, 7) is 1.68. The number of carbonyl (C=O) groups is 1. The van der Waals surface area contributed by atoms with Gasteiger partial charge in [-0.2, -0.15) is 0 Å². The first-order chi connectivity index (χ1) is 13.8. The highest BCUT2D eigenvalue weighted by Crippen LogP contribution is 2.33. The number of carbonyl (C=O) groups excluding carboxylic acids is 1. The standard InChI is InChI=1S/C25H24N2O/c28-25(16-20-8-5-7-18-6-1-2-9-21(18)20)27-14-12-19(13-15-27)23-17-26-24-11-4-3-10-22(23)24/h1-11,17,19,26H,12-16H2. The third kappa shape index (κ3) is 3.07. The van der Waals surface area contributed by atoms with E-state index in [0.717, 1.165) is 31.5 Å². The van der Waals surface area contributed by atoms with Crippen molar-refractivity contribution in [3.8, 4) is 0 Å². The highest BCUT2D eigenvalue weighted by atomic mass is 16.2. The summed E-state index contributed by atoms with van der Waals surface area (Å²) in [6, 6.07) is 23.0. The van der Waals surface area contributed by atoms with E-state index in [1.165, 1.54) is 27.2 Å². The van der Waals surface area contributed by atoms with Gasteiger partial charge in [-0.1, -0.05) is 60.7 Å². The number of likely N-dealkylation sites (tertiary alicyclic amines) is 1. The summed E-state index contributed by atoms with van der Waals surface area (Å²) >= 11 is 0. The molecular formula is C25H24N2O. The van der Waals surface area contributed by atoms with Crippen LogP contribution in [0.25, 0.3) is 21.7 Å². The van der Waals surface area contributed by atoms with Gasteiger partial charge in [0.1, 0.15) is 0 Å². The highest BCUT2D eigenvalue weighted by Gasteiger charge is 2.25. The van der Waals surface area contributed by atoms with Gasteiger partial charge in [-0.3, -0.25) is 4.79 Å². The van der Waals surface area contributed by atoms with Crippen LogP contribution < -0.4 is 0 Å². The number of amides is 1. The van der Waals surface area contributed by atoms with Crippen LogP contribution >= 0.6 is 0 Å². The number of hydrogen-bond donors (Lipinski definition) is 1. The molecule has 3 nitrogen and oxygen atoms in total. The van der Waals surface area contributed by atoms with Crippen LogP contribution in [-0.4, -0.2) is 28.9 Å². The molecule has 0 unspecified atom stereocenters. The van der Waals surface area contributed by atoms with Crippen LogP contribution in [0.2, 0.25) is 0 Å². The van der Waals surface area contributed by atoms with Crippen molar-refractivity contribution in [2.24, 2.45) is 0 Å². The fourth-order valence-corrected chi connectivity index (χ4v) is 4.59. The number of rotatable bonds is 3. The second kappa shape index (κ2) is 7.16. The molecule has 1 aliphatic rings. The maximum atomic E-state index is 12.9. The second-order valence-electron chi connectivity index (χ2n) is 7.76. The number of nitrogens with one attached hydrogen (secondary N) is 1. The number of para-hydroxylation sites is 1. The van der Waals surface area contributed by atoms with Crippen LogP contribution in [0.4, 0.5) is 0 Å². The van der Waals surface area contributed by atoms with E-state index in [9.17, 15) is 4.79 Å². The van der Waals surface area contributed by atoms with Crippen LogP contribution in [0.1, 0.15) is 29.9 Å². The molecule has 0 aliphatic carbocycles.